The monoisotopic (exact) mass is 317 g/mol. The minimum absolute atomic E-state index is 0.0889. The Morgan fingerprint density at radius 1 is 0.875 bits per heavy atom. The number of hydrogen-bond acceptors (Lipinski definition) is 3. The van der Waals surface area contributed by atoms with Gasteiger partial charge in [0.2, 0.25) is 0 Å². The van der Waals surface area contributed by atoms with Crippen LogP contribution >= 0.6 is 0 Å². The van der Waals surface area contributed by atoms with E-state index in [4.69, 9.17) is 0 Å². The second kappa shape index (κ2) is 4.93. The summed E-state index contributed by atoms with van der Waals surface area (Å²) in [4.78, 5) is 11.2. The van der Waals surface area contributed by atoms with Crippen LogP contribution in [0.1, 0.15) is 23.6 Å². The Hall–Kier alpha value is -3.14. The number of benzene rings is 3. The summed E-state index contributed by atoms with van der Waals surface area (Å²) in [5, 5.41) is 22.0. The summed E-state index contributed by atoms with van der Waals surface area (Å²) in [6.45, 7) is 1.99. The third-order valence-corrected chi connectivity index (χ3v) is 4.96. The molecule has 1 aliphatic carbocycles. The van der Waals surface area contributed by atoms with Crippen molar-refractivity contribution in [1.82, 2.24) is 0 Å². The molecule has 4 nitrogen and oxygen atoms in total. The molecule has 0 aliphatic heterocycles. The Bertz CT molecular complexity index is 980. The van der Waals surface area contributed by atoms with E-state index < -0.39 is 5.41 Å². The van der Waals surface area contributed by atoms with Crippen LogP contribution in [0.3, 0.4) is 0 Å². The molecule has 24 heavy (non-hydrogen) atoms. The SMILES string of the molecule is CC1(c2ccccc2[N+](=O)[O-])c2ccccc2-c2c(O)cccc21. The van der Waals surface area contributed by atoms with Gasteiger partial charge in [-0.15, -0.1) is 0 Å². The molecule has 1 atom stereocenters. The molecule has 0 heterocycles. The van der Waals surface area contributed by atoms with Crippen molar-refractivity contribution in [2.24, 2.45) is 0 Å². The number of rotatable bonds is 2. The predicted octanol–water partition coefficient (Wildman–Crippen LogP) is 4.64. The van der Waals surface area contributed by atoms with Crippen molar-refractivity contribution in [1.29, 1.82) is 0 Å². The smallest absolute Gasteiger partial charge is 0.273 e. The molecule has 1 aliphatic rings. The van der Waals surface area contributed by atoms with Crippen LogP contribution in [0.15, 0.2) is 66.7 Å². The van der Waals surface area contributed by atoms with E-state index in [1.807, 2.05) is 43.3 Å². The molecule has 0 spiro atoms. The van der Waals surface area contributed by atoms with Crippen molar-refractivity contribution >= 4 is 5.69 Å². The average Bonchev–Trinajstić information content (AvgIpc) is 2.87. The quantitative estimate of drug-likeness (QED) is 0.553. The van der Waals surface area contributed by atoms with Gasteiger partial charge in [-0.2, -0.15) is 0 Å². The van der Waals surface area contributed by atoms with Gasteiger partial charge in [-0.1, -0.05) is 54.6 Å². The van der Waals surface area contributed by atoms with Crippen LogP contribution in [0.4, 0.5) is 5.69 Å². The van der Waals surface area contributed by atoms with Crippen LogP contribution < -0.4 is 0 Å². The van der Waals surface area contributed by atoms with Gasteiger partial charge >= 0.3 is 0 Å². The standard InChI is InChI=1S/C20H15NO3/c1-20(15-9-4-5-11-17(15)21(23)24)14-8-3-2-7-13(14)19-16(20)10-6-12-18(19)22/h2-12,22H,1H3. The first-order valence-corrected chi connectivity index (χ1v) is 7.71. The fourth-order valence-corrected chi connectivity index (χ4v) is 3.87. The summed E-state index contributed by atoms with van der Waals surface area (Å²) in [5.41, 5.74) is 3.57. The second-order valence-corrected chi connectivity index (χ2v) is 6.14. The van der Waals surface area contributed by atoms with Gasteiger partial charge in [0.15, 0.2) is 0 Å². The van der Waals surface area contributed by atoms with Crippen molar-refractivity contribution in [3.05, 3.63) is 93.5 Å². The zero-order valence-electron chi connectivity index (χ0n) is 13.1. The van der Waals surface area contributed by atoms with E-state index in [1.54, 1.807) is 24.3 Å². The van der Waals surface area contributed by atoms with Crippen molar-refractivity contribution in [3.8, 4) is 16.9 Å². The third kappa shape index (κ3) is 1.74. The van der Waals surface area contributed by atoms with Crippen molar-refractivity contribution in [2.45, 2.75) is 12.3 Å². The van der Waals surface area contributed by atoms with E-state index in [0.717, 1.165) is 22.3 Å². The van der Waals surface area contributed by atoms with Crippen molar-refractivity contribution in [2.75, 3.05) is 0 Å². The van der Waals surface area contributed by atoms with Crippen LogP contribution in [0.2, 0.25) is 0 Å². The molecule has 0 amide bonds. The van der Waals surface area contributed by atoms with E-state index in [-0.39, 0.29) is 16.4 Å². The molecular formula is C20H15NO3. The topological polar surface area (TPSA) is 63.4 Å². The molecule has 0 bridgehead atoms. The van der Waals surface area contributed by atoms with Crippen LogP contribution in [-0.4, -0.2) is 10.0 Å². The Balaban J connectivity index is 2.13. The number of nitro groups is 1. The largest absolute Gasteiger partial charge is 0.507 e. The van der Waals surface area contributed by atoms with E-state index in [1.165, 1.54) is 6.07 Å². The van der Waals surface area contributed by atoms with Crippen LogP contribution in [0.25, 0.3) is 11.1 Å². The fraction of sp³-hybridized carbons (Fsp3) is 0.100. The molecule has 118 valence electrons. The zero-order chi connectivity index (χ0) is 16.9. The van der Waals surface area contributed by atoms with Gasteiger partial charge in [0.25, 0.3) is 5.69 Å². The van der Waals surface area contributed by atoms with Gasteiger partial charge in [0.1, 0.15) is 5.75 Å². The molecular weight excluding hydrogens is 302 g/mol. The summed E-state index contributed by atoms with van der Waals surface area (Å²) in [6.07, 6.45) is 0. The molecule has 4 rings (SSSR count). The molecule has 0 fully saturated rings. The van der Waals surface area contributed by atoms with E-state index in [9.17, 15) is 15.2 Å². The van der Waals surface area contributed by atoms with Crippen LogP contribution in [0.5, 0.6) is 5.75 Å². The number of hydrogen-bond donors (Lipinski definition) is 1. The lowest BCUT2D eigenvalue weighted by Gasteiger charge is -2.27. The summed E-state index contributed by atoms with van der Waals surface area (Å²) in [6, 6.07) is 20.0. The maximum Gasteiger partial charge on any atom is 0.273 e. The molecule has 1 unspecified atom stereocenters. The number of phenols is 1. The minimum Gasteiger partial charge on any atom is -0.507 e. The number of nitrogens with zero attached hydrogens (tertiary/aromatic N) is 1. The molecule has 0 saturated carbocycles. The molecule has 4 heteroatoms. The number of phenolic OH excluding ortho intramolecular Hbond substituents is 1. The highest BCUT2D eigenvalue weighted by atomic mass is 16.6. The summed E-state index contributed by atoms with van der Waals surface area (Å²) < 4.78 is 0. The Morgan fingerprint density at radius 2 is 1.50 bits per heavy atom. The highest BCUT2D eigenvalue weighted by Crippen LogP contribution is 2.56. The number of aromatic hydroxyl groups is 1. The van der Waals surface area contributed by atoms with Gasteiger partial charge in [0.05, 0.1) is 10.3 Å². The maximum atomic E-state index is 11.6. The molecule has 3 aromatic carbocycles. The van der Waals surface area contributed by atoms with Crippen molar-refractivity contribution < 1.29 is 10.0 Å². The van der Waals surface area contributed by atoms with E-state index >= 15 is 0 Å². The summed E-state index contributed by atoms with van der Waals surface area (Å²) in [5.74, 6) is 0.197. The average molecular weight is 317 g/mol. The third-order valence-electron chi connectivity index (χ3n) is 4.96. The lowest BCUT2D eigenvalue weighted by atomic mass is 9.73. The lowest BCUT2D eigenvalue weighted by Crippen LogP contribution is -2.23. The first kappa shape index (κ1) is 14.5. The Labute approximate surface area is 139 Å². The molecule has 0 saturated heterocycles. The fourth-order valence-electron chi connectivity index (χ4n) is 3.87. The normalized spacial score (nSPS) is 18.0. The van der Waals surface area contributed by atoms with Crippen LogP contribution in [-0.2, 0) is 5.41 Å². The number of para-hydroxylation sites is 1. The van der Waals surface area contributed by atoms with Gasteiger partial charge in [-0.3, -0.25) is 10.1 Å². The predicted molar refractivity (Wildman–Crippen MR) is 92.2 cm³/mol. The lowest BCUT2D eigenvalue weighted by molar-refractivity contribution is -0.385. The highest BCUT2D eigenvalue weighted by molar-refractivity contribution is 5.87. The zero-order valence-corrected chi connectivity index (χ0v) is 13.1. The Morgan fingerprint density at radius 3 is 2.25 bits per heavy atom. The highest BCUT2D eigenvalue weighted by Gasteiger charge is 2.44. The van der Waals surface area contributed by atoms with E-state index in [0.29, 0.717) is 5.56 Å². The first-order chi connectivity index (χ1) is 11.5. The van der Waals surface area contributed by atoms with Crippen molar-refractivity contribution in [3.63, 3.8) is 0 Å². The van der Waals surface area contributed by atoms with Gasteiger partial charge in [0, 0.05) is 17.2 Å². The van der Waals surface area contributed by atoms with Crippen LogP contribution in [0, 0.1) is 10.1 Å². The Kier molecular flexibility index (Phi) is 2.97. The summed E-state index contributed by atoms with van der Waals surface area (Å²) >= 11 is 0. The molecule has 1 N–H and O–H groups in total. The molecule has 3 aromatic rings. The minimum atomic E-state index is -0.686. The molecule has 0 radical (unpaired) electrons. The first-order valence-electron chi connectivity index (χ1n) is 7.71. The van der Waals surface area contributed by atoms with E-state index in [2.05, 4.69) is 0 Å². The number of nitro benzene ring substituents is 1. The molecule has 0 aromatic heterocycles. The summed E-state index contributed by atoms with van der Waals surface area (Å²) in [7, 11) is 0. The van der Waals surface area contributed by atoms with Gasteiger partial charge in [-0.25, -0.2) is 0 Å². The van der Waals surface area contributed by atoms with Gasteiger partial charge < -0.3 is 5.11 Å². The maximum absolute atomic E-state index is 11.6. The second-order valence-electron chi connectivity index (χ2n) is 6.14. The number of fused-ring (bicyclic) bond motifs is 3. The van der Waals surface area contributed by atoms with Gasteiger partial charge in [-0.05, 0) is 29.7 Å².